The Morgan fingerprint density at radius 1 is 1.33 bits per heavy atom. The molecule has 5 heteroatoms. The highest BCUT2D eigenvalue weighted by Gasteiger charge is 2.41. The van der Waals surface area contributed by atoms with Gasteiger partial charge in [-0.05, 0) is 26.2 Å². The van der Waals surface area contributed by atoms with Gasteiger partial charge in [-0.25, -0.2) is 8.42 Å². The van der Waals surface area contributed by atoms with Crippen LogP contribution in [0, 0.1) is 0 Å². The third-order valence-electron chi connectivity index (χ3n) is 4.85. The minimum Gasteiger partial charge on any atom is -0.308 e. The summed E-state index contributed by atoms with van der Waals surface area (Å²) in [7, 11) is -2.78. The van der Waals surface area contributed by atoms with Gasteiger partial charge in [-0.15, -0.1) is 0 Å². The molecule has 4 nitrogen and oxygen atoms in total. The van der Waals surface area contributed by atoms with E-state index in [1.54, 1.807) is 0 Å². The predicted molar refractivity (Wildman–Crippen MR) is 74.5 cm³/mol. The monoisotopic (exact) mass is 274 g/mol. The lowest BCUT2D eigenvalue weighted by Gasteiger charge is -2.48. The van der Waals surface area contributed by atoms with Gasteiger partial charge >= 0.3 is 0 Å². The molecular formula is C13H26N2O2S. The molecule has 0 saturated carbocycles. The number of sulfone groups is 1. The van der Waals surface area contributed by atoms with Crippen LogP contribution in [0.25, 0.3) is 0 Å². The Kier molecular flexibility index (Phi) is 4.04. The van der Waals surface area contributed by atoms with Crippen molar-refractivity contribution in [3.63, 3.8) is 0 Å². The van der Waals surface area contributed by atoms with Gasteiger partial charge in [0.05, 0.1) is 11.5 Å². The van der Waals surface area contributed by atoms with Crippen LogP contribution in [0.2, 0.25) is 0 Å². The third kappa shape index (κ3) is 2.73. The van der Waals surface area contributed by atoms with Crippen LogP contribution in [0.1, 0.15) is 40.0 Å². The normalized spacial score (nSPS) is 35.7. The van der Waals surface area contributed by atoms with Crippen LogP contribution >= 0.6 is 0 Å². The van der Waals surface area contributed by atoms with Crippen molar-refractivity contribution in [3.05, 3.63) is 0 Å². The first-order chi connectivity index (χ1) is 8.41. The van der Waals surface area contributed by atoms with Crippen molar-refractivity contribution in [2.24, 2.45) is 0 Å². The summed E-state index contributed by atoms with van der Waals surface area (Å²) in [5, 5.41) is 3.66. The third-order valence-corrected chi connectivity index (χ3v) is 6.61. The second-order valence-corrected chi connectivity index (χ2v) is 8.18. The molecule has 1 N–H and O–H groups in total. The molecule has 2 fully saturated rings. The largest absolute Gasteiger partial charge is 0.308 e. The lowest BCUT2D eigenvalue weighted by molar-refractivity contribution is 0.0524. The number of hydrogen-bond donors (Lipinski definition) is 1. The maximum Gasteiger partial charge on any atom is 0.151 e. The fourth-order valence-corrected chi connectivity index (χ4v) is 5.03. The zero-order chi connectivity index (χ0) is 13.4. The Bertz CT molecular complexity index is 390. The van der Waals surface area contributed by atoms with E-state index in [1.165, 1.54) is 0 Å². The van der Waals surface area contributed by atoms with Gasteiger partial charge in [0.15, 0.2) is 9.84 Å². The number of rotatable bonds is 3. The Balaban J connectivity index is 2.11. The van der Waals surface area contributed by atoms with Gasteiger partial charge < -0.3 is 5.32 Å². The average molecular weight is 274 g/mol. The Morgan fingerprint density at radius 3 is 2.50 bits per heavy atom. The van der Waals surface area contributed by atoms with Crippen molar-refractivity contribution in [3.8, 4) is 0 Å². The highest BCUT2D eigenvalue weighted by molar-refractivity contribution is 7.91. The predicted octanol–water partition coefficient (Wildman–Crippen LogP) is 1.03. The summed E-state index contributed by atoms with van der Waals surface area (Å²) in [5.41, 5.74) is 0.179. The van der Waals surface area contributed by atoms with Crippen LogP contribution in [0.4, 0.5) is 0 Å². The van der Waals surface area contributed by atoms with Crippen molar-refractivity contribution in [2.75, 3.05) is 24.6 Å². The molecule has 2 heterocycles. The molecule has 18 heavy (non-hydrogen) atoms. The minimum atomic E-state index is -2.78. The highest BCUT2D eigenvalue weighted by atomic mass is 32.2. The van der Waals surface area contributed by atoms with E-state index in [0.29, 0.717) is 17.5 Å². The second kappa shape index (κ2) is 5.10. The van der Waals surface area contributed by atoms with Crippen LogP contribution in [0.15, 0.2) is 0 Å². The van der Waals surface area contributed by atoms with Crippen LogP contribution in [0.5, 0.6) is 0 Å². The molecule has 0 spiro atoms. The summed E-state index contributed by atoms with van der Waals surface area (Å²) in [4.78, 5) is 2.44. The van der Waals surface area contributed by atoms with E-state index in [9.17, 15) is 8.42 Å². The van der Waals surface area contributed by atoms with Crippen LogP contribution < -0.4 is 5.32 Å². The zero-order valence-corrected chi connectivity index (χ0v) is 12.6. The Labute approximate surface area is 111 Å². The molecule has 2 unspecified atom stereocenters. The second-order valence-electron chi connectivity index (χ2n) is 5.95. The van der Waals surface area contributed by atoms with Crippen LogP contribution in [-0.4, -0.2) is 55.5 Å². The number of piperazine rings is 1. The van der Waals surface area contributed by atoms with E-state index in [2.05, 4.69) is 31.0 Å². The van der Waals surface area contributed by atoms with E-state index >= 15 is 0 Å². The molecule has 0 aromatic heterocycles. The molecule has 2 saturated heterocycles. The topological polar surface area (TPSA) is 49.4 Å². The molecule has 2 aliphatic rings. The quantitative estimate of drug-likeness (QED) is 0.835. The molecule has 2 rings (SSSR count). The lowest BCUT2D eigenvalue weighted by Crippen LogP contribution is -2.65. The van der Waals surface area contributed by atoms with Crippen molar-refractivity contribution < 1.29 is 8.42 Å². The fraction of sp³-hybridized carbons (Fsp3) is 1.00. The maximum atomic E-state index is 11.6. The van der Waals surface area contributed by atoms with Gasteiger partial charge in [-0.1, -0.05) is 13.8 Å². The molecule has 0 amide bonds. The van der Waals surface area contributed by atoms with E-state index < -0.39 is 9.84 Å². The fourth-order valence-electron chi connectivity index (χ4n) is 3.29. The molecule has 2 atom stereocenters. The summed E-state index contributed by atoms with van der Waals surface area (Å²) in [6.45, 7) is 8.60. The van der Waals surface area contributed by atoms with Crippen molar-refractivity contribution in [1.29, 1.82) is 0 Å². The highest BCUT2D eigenvalue weighted by Crippen LogP contribution is 2.28. The summed E-state index contributed by atoms with van der Waals surface area (Å²) >= 11 is 0. The smallest absolute Gasteiger partial charge is 0.151 e. The van der Waals surface area contributed by atoms with Gasteiger partial charge in [0, 0.05) is 30.7 Å². The minimum absolute atomic E-state index is 0.179. The first kappa shape index (κ1) is 14.3. The van der Waals surface area contributed by atoms with Crippen LogP contribution in [0.3, 0.4) is 0 Å². The standard InChI is InChI=1S/C13H26N2O2S/c1-4-13(5-2)10-15(11(3)8-14-13)12-6-7-18(16,17)9-12/h11-12,14H,4-10H2,1-3H3. The number of hydrogen-bond acceptors (Lipinski definition) is 4. The number of nitrogens with one attached hydrogen (secondary N) is 1. The average Bonchev–Trinajstić information content (AvgIpc) is 2.71. The van der Waals surface area contributed by atoms with E-state index in [1.807, 2.05) is 0 Å². The summed E-state index contributed by atoms with van der Waals surface area (Å²) in [6, 6.07) is 0.680. The van der Waals surface area contributed by atoms with E-state index in [0.717, 1.165) is 32.4 Å². The van der Waals surface area contributed by atoms with Gasteiger partial charge in [0.2, 0.25) is 0 Å². The first-order valence-corrected chi connectivity index (χ1v) is 8.95. The van der Waals surface area contributed by atoms with Gasteiger partial charge in [0.1, 0.15) is 0 Å². The SMILES string of the molecule is CCC1(CC)CN(C2CCS(=O)(=O)C2)C(C)CN1. The Hall–Kier alpha value is -0.130. The van der Waals surface area contributed by atoms with E-state index in [4.69, 9.17) is 0 Å². The van der Waals surface area contributed by atoms with Gasteiger partial charge in [-0.2, -0.15) is 0 Å². The summed E-state index contributed by atoms with van der Waals surface area (Å²) in [5.74, 6) is 0.737. The molecule has 0 aromatic rings. The van der Waals surface area contributed by atoms with Gasteiger partial charge in [-0.3, -0.25) is 4.90 Å². The van der Waals surface area contributed by atoms with Crippen molar-refractivity contribution in [1.82, 2.24) is 10.2 Å². The van der Waals surface area contributed by atoms with E-state index in [-0.39, 0.29) is 11.6 Å². The van der Waals surface area contributed by atoms with Crippen molar-refractivity contribution in [2.45, 2.75) is 57.7 Å². The lowest BCUT2D eigenvalue weighted by atomic mass is 9.88. The number of nitrogens with zero attached hydrogens (tertiary/aromatic N) is 1. The molecular weight excluding hydrogens is 248 g/mol. The molecule has 0 bridgehead atoms. The summed E-state index contributed by atoms with van der Waals surface area (Å²) < 4.78 is 23.3. The molecule has 2 aliphatic heterocycles. The molecule has 0 aromatic carbocycles. The molecule has 106 valence electrons. The van der Waals surface area contributed by atoms with Gasteiger partial charge in [0.25, 0.3) is 0 Å². The first-order valence-electron chi connectivity index (χ1n) is 7.12. The maximum absolute atomic E-state index is 11.6. The molecule has 0 radical (unpaired) electrons. The van der Waals surface area contributed by atoms with Crippen LogP contribution in [-0.2, 0) is 9.84 Å². The molecule has 0 aliphatic carbocycles. The van der Waals surface area contributed by atoms with Crippen molar-refractivity contribution >= 4 is 9.84 Å². The summed E-state index contributed by atoms with van der Waals surface area (Å²) in [6.07, 6.45) is 3.02. The zero-order valence-electron chi connectivity index (χ0n) is 11.8. The Morgan fingerprint density at radius 2 is 2.00 bits per heavy atom.